The second-order valence-corrected chi connectivity index (χ2v) is 6.51. The molecule has 1 fully saturated rings. The summed E-state index contributed by atoms with van der Waals surface area (Å²) in [4.78, 5) is 2.55. The van der Waals surface area contributed by atoms with Crippen molar-refractivity contribution in [1.29, 1.82) is 0 Å². The molecule has 4 rings (SSSR count). The van der Waals surface area contributed by atoms with Gasteiger partial charge < -0.3 is 4.74 Å². The van der Waals surface area contributed by atoms with E-state index in [0.717, 1.165) is 19.7 Å². The van der Waals surface area contributed by atoms with Crippen LogP contribution in [0.15, 0.2) is 91.0 Å². The molecule has 0 aliphatic carbocycles. The van der Waals surface area contributed by atoms with Crippen molar-refractivity contribution in [1.82, 2.24) is 4.90 Å². The maximum Gasteiger partial charge on any atom is 0.102 e. The number of hydrogen-bond donors (Lipinski definition) is 0. The van der Waals surface area contributed by atoms with E-state index >= 15 is 0 Å². The van der Waals surface area contributed by atoms with Gasteiger partial charge in [-0.1, -0.05) is 91.0 Å². The molecule has 2 unspecified atom stereocenters. The van der Waals surface area contributed by atoms with E-state index in [2.05, 4.69) is 95.9 Å². The highest BCUT2D eigenvalue weighted by Crippen LogP contribution is 2.40. The van der Waals surface area contributed by atoms with Crippen LogP contribution in [0.1, 0.15) is 28.8 Å². The number of benzene rings is 3. The summed E-state index contributed by atoms with van der Waals surface area (Å²) in [5.74, 6) is 0. The molecule has 3 aromatic carbocycles. The molecule has 0 radical (unpaired) electrons. The van der Waals surface area contributed by atoms with Crippen LogP contribution in [0, 0.1) is 0 Å². The van der Waals surface area contributed by atoms with Crippen LogP contribution in [0.5, 0.6) is 0 Å². The monoisotopic (exact) mass is 329 g/mol. The van der Waals surface area contributed by atoms with Gasteiger partial charge in [-0.3, -0.25) is 4.90 Å². The van der Waals surface area contributed by atoms with Crippen LogP contribution >= 0.6 is 0 Å². The van der Waals surface area contributed by atoms with Crippen LogP contribution in [0.25, 0.3) is 0 Å². The van der Waals surface area contributed by atoms with E-state index in [9.17, 15) is 0 Å². The summed E-state index contributed by atoms with van der Waals surface area (Å²) in [6.45, 7) is 2.64. The van der Waals surface area contributed by atoms with Gasteiger partial charge in [0.05, 0.1) is 12.6 Å². The normalized spacial score (nSPS) is 21.1. The summed E-state index contributed by atoms with van der Waals surface area (Å²) >= 11 is 0. The smallest absolute Gasteiger partial charge is 0.102 e. The third-order valence-corrected chi connectivity index (χ3v) is 4.85. The highest BCUT2D eigenvalue weighted by Gasteiger charge is 2.34. The van der Waals surface area contributed by atoms with Crippen molar-refractivity contribution >= 4 is 0 Å². The van der Waals surface area contributed by atoms with Crippen LogP contribution in [0.2, 0.25) is 0 Å². The van der Waals surface area contributed by atoms with E-state index < -0.39 is 0 Å². The van der Waals surface area contributed by atoms with Gasteiger partial charge in [-0.2, -0.15) is 0 Å². The molecule has 0 amide bonds. The SMILES string of the molecule is c1ccc(CN2CCOC(c3ccccc3)C2c2ccccc2)cc1. The molecule has 1 aliphatic heterocycles. The Labute approximate surface area is 149 Å². The molecule has 3 aromatic rings. The van der Waals surface area contributed by atoms with Crippen molar-refractivity contribution < 1.29 is 4.74 Å². The molecule has 0 aromatic heterocycles. The molecular weight excluding hydrogens is 306 g/mol. The minimum atomic E-state index is 0.0565. The van der Waals surface area contributed by atoms with E-state index in [0.29, 0.717) is 0 Å². The number of rotatable bonds is 4. The van der Waals surface area contributed by atoms with Crippen LogP contribution in [0.3, 0.4) is 0 Å². The summed E-state index contributed by atoms with van der Waals surface area (Å²) < 4.78 is 6.26. The van der Waals surface area contributed by atoms with Gasteiger partial charge in [0.15, 0.2) is 0 Å². The lowest BCUT2D eigenvalue weighted by atomic mass is 9.92. The lowest BCUT2D eigenvalue weighted by molar-refractivity contribution is -0.0786. The highest BCUT2D eigenvalue weighted by atomic mass is 16.5. The first-order valence-corrected chi connectivity index (χ1v) is 8.91. The molecule has 2 nitrogen and oxygen atoms in total. The fourth-order valence-corrected chi connectivity index (χ4v) is 3.67. The van der Waals surface area contributed by atoms with E-state index in [-0.39, 0.29) is 12.1 Å². The zero-order valence-electron chi connectivity index (χ0n) is 14.3. The Morgan fingerprint density at radius 2 is 1.28 bits per heavy atom. The maximum absolute atomic E-state index is 6.26. The van der Waals surface area contributed by atoms with Crippen molar-refractivity contribution in [3.8, 4) is 0 Å². The van der Waals surface area contributed by atoms with Gasteiger partial charge in [-0.15, -0.1) is 0 Å². The molecule has 1 heterocycles. The first-order chi connectivity index (χ1) is 12.4. The number of morpholine rings is 1. The van der Waals surface area contributed by atoms with Crippen molar-refractivity contribution in [3.63, 3.8) is 0 Å². The Bertz CT molecular complexity index is 773. The Morgan fingerprint density at radius 3 is 1.92 bits per heavy atom. The van der Waals surface area contributed by atoms with Crippen LogP contribution in [0.4, 0.5) is 0 Å². The van der Waals surface area contributed by atoms with E-state index in [4.69, 9.17) is 4.74 Å². The average Bonchev–Trinajstić information content (AvgIpc) is 2.70. The lowest BCUT2D eigenvalue weighted by Gasteiger charge is -2.42. The summed E-state index contributed by atoms with van der Waals surface area (Å²) in [5.41, 5.74) is 3.90. The predicted octanol–water partition coefficient (Wildman–Crippen LogP) is 5.00. The second kappa shape index (κ2) is 7.64. The first kappa shape index (κ1) is 16.1. The van der Waals surface area contributed by atoms with Gasteiger partial charge in [0, 0.05) is 13.1 Å². The van der Waals surface area contributed by atoms with Gasteiger partial charge in [0.1, 0.15) is 6.10 Å². The molecule has 0 saturated carbocycles. The van der Waals surface area contributed by atoms with Gasteiger partial charge in [0.25, 0.3) is 0 Å². The third-order valence-electron chi connectivity index (χ3n) is 4.85. The summed E-state index contributed by atoms with van der Waals surface area (Å²) in [6.07, 6.45) is 0.0565. The van der Waals surface area contributed by atoms with Gasteiger partial charge >= 0.3 is 0 Å². The average molecular weight is 329 g/mol. The zero-order chi connectivity index (χ0) is 16.9. The molecule has 25 heavy (non-hydrogen) atoms. The largest absolute Gasteiger partial charge is 0.370 e. The molecule has 2 heteroatoms. The molecule has 0 bridgehead atoms. The lowest BCUT2D eigenvalue weighted by Crippen LogP contribution is -2.40. The number of ether oxygens (including phenoxy) is 1. The van der Waals surface area contributed by atoms with Crippen LogP contribution < -0.4 is 0 Å². The highest BCUT2D eigenvalue weighted by molar-refractivity contribution is 5.28. The predicted molar refractivity (Wildman–Crippen MR) is 101 cm³/mol. The number of hydrogen-bond acceptors (Lipinski definition) is 2. The van der Waals surface area contributed by atoms with Crippen molar-refractivity contribution in [3.05, 3.63) is 108 Å². The van der Waals surface area contributed by atoms with Crippen molar-refractivity contribution in [2.45, 2.75) is 18.7 Å². The Kier molecular flexibility index (Phi) is 4.91. The molecule has 2 atom stereocenters. The fourth-order valence-electron chi connectivity index (χ4n) is 3.67. The zero-order valence-corrected chi connectivity index (χ0v) is 14.3. The third kappa shape index (κ3) is 3.65. The topological polar surface area (TPSA) is 12.5 Å². The summed E-state index contributed by atoms with van der Waals surface area (Å²) in [5, 5.41) is 0. The molecule has 0 spiro atoms. The minimum Gasteiger partial charge on any atom is -0.370 e. The molecular formula is C23H23NO. The Morgan fingerprint density at radius 1 is 0.720 bits per heavy atom. The van der Waals surface area contributed by atoms with E-state index in [1.165, 1.54) is 16.7 Å². The summed E-state index contributed by atoms with van der Waals surface area (Å²) in [7, 11) is 0. The minimum absolute atomic E-state index is 0.0565. The Balaban J connectivity index is 1.69. The van der Waals surface area contributed by atoms with Crippen molar-refractivity contribution in [2.24, 2.45) is 0 Å². The standard InChI is InChI=1S/C23H23NO/c1-4-10-19(11-5-1)18-24-16-17-25-23(21-14-8-3-9-15-21)22(24)20-12-6-2-7-13-20/h1-15,22-23H,16-18H2. The van der Waals surface area contributed by atoms with Crippen molar-refractivity contribution in [2.75, 3.05) is 13.2 Å². The van der Waals surface area contributed by atoms with Gasteiger partial charge in [-0.05, 0) is 16.7 Å². The van der Waals surface area contributed by atoms with Crippen LogP contribution in [-0.2, 0) is 11.3 Å². The molecule has 1 saturated heterocycles. The van der Waals surface area contributed by atoms with Gasteiger partial charge in [-0.25, -0.2) is 0 Å². The van der Waals surface area contributed by atoms with Crippen LogP contribution in [-0.4, -0.2) is 18.1 Å². The quantitative estimate of drug-likeness (QED) is 0.668. The summed E-state index contributed by atoms with van der Waals surface area (Å²) in [6, 6.07) is 32.3. The maximum atomic E-state index is 6.26. The second-order valence-electron chi connectivity index (χ2n) is 6.51. The Hall–Kier alpha value is -2.42. The van der Waals surface area contributed by atoms with E-state index in [1.54, 1.807) is 0 Å². The van der Waals surface area contributed by atoms with E-state index in [1.807, 2.05) is 0 Å². The molecule has 126 valence electrons. The molecule has 1 aliphatic rings. The number of nitrogens with zero attached hydrogens (tertiary/aromatic N) is 1. The fraction of sp³-hybridized carbons (Fsp3) is 0.217. The first-order valence-electron chi connectivity index (χ1n) is 8.91. The molecule has 0 N–H and O–H groups in total. The van der Waals surface area contributed by atoms with Gasteiger partial charge in [0.2, 0.25) is 0 Å².